The molecular weight excluding hydrogens is 440 g/mol. The summed E-state index contributed by atoms with van der Waals surface area (Å²) in [5.74, 6) is -2.08. The van der Waals surface area contributed by atoms with Gasteiger partial charge >= 0.3 is 12.1 Å². The number of alkyl halides is 3. The van der Waals surface area contributed by atoms with Crippen molar-refractivity contribution < 1.29 is 32.2 Å². The van der Waals surface area contributed by atoms with E-state index in [2.05, 4.69) is 22.5 Å². The van der Waals surface area contributed by atoms with Crippen LogP contribution in [0.4, 0.5) is 17.6 Å². The smallest absolute Gasteiger partial charge is 0.490 e. The Labute approximate surface area is 189 Å². The minimum absolute atomic E-state index is 0.229. The number of carboxylic acid groups (broad SMARTS) is 1. The molecule has 3 rings (SSSR count). The fraction of sp³-hybridized carbons (Fsp3) is 0.333. The van der Waals surface area contributed by atoms with E-state index in [1.807, 2.05) is 30.6 Å². The third kappa shape index (κ3) is 7.62. The summed E-state index contributed by atoms with van der Waals surface area (Å²) in [6.45, 7) is 3.00. The van der Waals surface area contributed by atoms with Gasteiger partial charge in [-0.25, -0.2) is 14.2 Å². The molecule has 1 heterocycles. The van der Waals surface area contributed by atoms with Gasteiger partial charge in [-0.15, -0.1) is 0 Å². The highest BCUT2D eigenvalue weighted by Crippen LogP contribution is 2.26. The van der Waals surface area contributed by atoms with Crippen molar-refractivity contribution in [3.63, 3.8) is 0 Å². The number of benzene rings is 2. The molecule has 0 saturated heterocycles. The van der Waals surface area contributed by atoms with Gasteiger partial charge in [0.2, 0.25) is 0 Å². The Hall–Kier alpha value is -3.36. The van der Waals surface area contributed by atoms with E-state index < -0.39 is 12.1 Å². The molecule has 5 nitrogen and oxygen atoms in total. The van der Waals surface area contributed by atoms with Crippen LogP contribution in [-0.2, 0) is 24.2 Å². The lowest BCUT2D eigenvalue weighted by Crippen LogP contribution is -2.21. The molecule has 33 heavy (non-hydrogen) atoms. The zero-order valence-electron chi connectivity index (χ0n) is 18.4. The lowest BCUT2D eigenvalue weighted by Gasteiger charge is -2.12. The van der Waals surface area contributed by atoms with Crippen molar-refractivity contribution in [2.75, 3.05) is 7.11 Å². The van der Waals surface area contributed by atoms with Gasteiger partial charge in [-0.1, -0.05) is 43.7 Å². The minimum Gasteiger partial charge on any atom is -0.496 e. The number of carboxylic acids is 1. The summed E-state index contributed by atoms with van der Waals surface area (Å²) in [6, 6.07) is 14.8. The second kappa shape index (κ2) is 12.0. The van der Waals surface area contributed by atoms with E-state index in [0.29, 0.717) is 0 Å². The minimum atomic E-state index is -5.08. The van der Waals surface area contributed by atoms with Crippen LogP contribution in [0.3, 0.4) is 0 Å². The second-order valence-corrected chi connectivity index (χ2v) is 7.21. The van der Waals surface area contributed by atoms with Gasteiger partial charge in [0.25, 0.3) is 0 Å². The number of hydrogen-bond acceptors (Lipinski definition) is 3. The molecule has 0 aliphatic heterocycles. The molecule has 1 N–H and O–H groups in total. The highest BCUT2D eigenvalue weighted by atomic mass is 19.4. The average molecular weight is 466 g/mol. The molecule has 1 aromatic heterocycles. The van der Waals surface area contributed by atoms with Gasteiger partial charge in [-0.2, -0.15) is 13.2 Å². The van der Waals surface area contributed by atoms with Crippen molar-refractivity contribution in [1.29, 1.82) is 0 Å². The van der Waals surface area contributed by atoms with Gasteiger partial charge in [0, 0.05) is 17.8 Å². The van der Waals surface area contributed by atoms with Crippen molar-refractivity contribution in [2.45, 2.75) is 45.3 Å². The maximum Gasteiger partial charge on any atom is 0.490 e. The third-order valence-corrected chi connectivity index (χ3v) is 4.87. The summed E-state index contributed by atoms with van der Waals surface area (Å²) in [4.78, 5) is 13.5. The van der Waals surface area contributed by atoms with Gasteiger partial charge in [0.1, 0.15) is 11.6 Å². The van der Waals surface area contributed by atoms with Gasteiger partial charge in [-0.05, 0) is 43.0 Å². The predicted octanol–water partition coefficient (Wildman–Crippen LogP) is 5.92. The number of hydrogen-bond donors (Lipinski definition) is 1. The third-order valence-electron chi connectivity index (χ3n) is 4.87. The lowest BCUT2D eigenvalue weighted by atomic mass is 10.1. The summed E-state index contributed by atoms with van der Waals surface area (Å²) in [6.07, 6.45) is 0.792. The summed E-state index contributed by atoms with van der Waals surface area (Å²) in [5, 5.41) is 7.12. The number of aryl methyl sites for hydroxylation is 2. The highest BCUT2D eigenvalue weighted by Gasteiger charge is 2.38. The first-order chi connectivity index (χ1) is 15.7. The zero-order chi connectivity index (χ0) is 24.4. The molecule has 178 valence electrons. The first-order valence-corrected chi connectivity index (χ1v) is 10.4. The zero-order valence-corrected chi connectivity index (χ0v) is 18.4. The number of ether oxygens (including phenoxy) is 1. The van der Waals surface area contributed by atoms with Crippen LogP contribution in [0.1, 0.15) is 31.0 Å². The quantitative estimate of drug-likeness (QED) is 0.419. The van der Waals surface area contributed by atoms with Crippen LogP contribution in [0.2, 0.25) is 0 Å². The number of imidazole rings is 1. The van der Waals surface area contributed by atoms with Crippen LogP contribution in [0.15, 0.2) is 54.9 Å². The molecule has 0 aliphatic rings. The Bertz CT molecular complexity index is 1050. The number of carbonyl (C=O) groups is 1. The molecule has 0 unspecified atom stereocenters. The number of rotatable bonds is 8. The average Bonchev–Trinajstić information content (AvgIpc) is 3.18. The van der Waals surface area contributed by atoms with E-state index >= 15 is 0 Å². The standard InChI is InChI=1S/C22H25FN2O.C2HF3O2/c1-3-4-11-20-22(18-9-7-10-19(23)15-18)24-16-25(20)14-13-17-8-5-6-12-21(17)26-2;3-2(4,5)1(6)7/h5-10,12,15-16H,3-4,11,13-14H2,1-2H3;(H,6,7). The number of aromatic nitrogens is 2. The van der Waals surface area contributed by atoms with Gasteiger partial charge < -0.3 is 14.4 Å². The molecule has 3 aromatic rings. The van der Waals surface area contributed by atoms with Crippen molar-refractivity contribution in [1.82, 2.24) is 9.55 Å². The second-order valence-electron chi connectivity index (χ2n) is 7.21. The van der Waals surface area contributed by atoms with Gasteiger partial charge in [-0.3, -0.25) is 0 Å². The lowest BCUT2D eigenvalue weighted by molar-refractivity contribution is -0.192. The number of halogens is 4. The first kappa shape index (κ1) is 25.9. The summed E-state index contributed by atoms with van der Waals surface area (Å²) < 4.78 is 53.0. The predicted molar refractivity (Wildman–Crippen MR) is 117 cm³/mol. The molecule has 0 amide bonds. The van der Waals surface area contributed by atoms with Gasteiger partial charge in [0.15, 0.2) is 0 Å². The topological polar surface area (TPSA) is 64.4 Å². The monoisotopic (exact) mass is 466 g/mol. The molecule has 0 spiro atoms. The van der Waals surface area contributed by atoms with Crippen molar-refractivity contribution in [3.05, 3.63) is 71.9 Å². The van der Waals surface area contributed by atoms with Crippen molar-refractivity contribution >= 4 is 5.97 Å². The Morgan fingerprint density at radius 1 is 1.12 bits per heavy atom. The molecule has 0 radical (unpaired) electrons. The van der Waals surface area contributed by atoms with E-state index in [0.717, 1.165) is 49.2 Å². The maximum atomic E-state index is 13.6. The Kier molecular flexibility index (Phi) is 9.44. The maximum absolute atomic E-state index is 13.6. The van der Waals surface area contributed by atoms with E-state index in [4.69, 9.17) is 14.6 Å². The summed E-state index contributed by atoms with van der Waals surface area (Å²) >= 11 is 0. The Balaban J connectivity index is 0.000000479. The van der Waals surface area contributed by atoms with Crippen molar-refractivity contribution in [2.24, 2.45) is 0 Å². The summed E-state index contributed by atoms with van der Waals surface area (Å²) in [7, 11) is 1.70. The van der Waals surface area contributed by atoms with Crippen LogP contribution in [0, 0.1) is 5.82 Å². The van der Waals surface area contributed by atoms with Crippen LogP contribution < -0.4 is 4.74 Å². The molecule has 9 heteroatoms. The molecular formula is C24H26F4N2O3. The fourth-order valence-electron chi connectivity index (χ4n) is 3.23. The van der Waals surface area contributed by atoms with Crippen LogP contribution >= 0.6 is 0 Å². The number of methoxy groups -OCH3 is 1. The Morgan fingerprint density at radius 3 is 2.42 bits per heavy atom. The van der Waals surface area contributed by atoms with Crippen LogP contribution in [0.25, 0.3) is 11.3 Å². The van der Waals surface area contributed by atoms with E-state index in [1.54, 1.807) is 19.2 Å². The van der Waals surface area contributed by atoms with Crippen LogP contribution in [0.5, 0.6) is 5.75 Å². The number of unbranched alkanes of at least 4 members (excludes halogenated alkanes) is 1. The highest BCUT2D eigenvalue weighted by molar-refractivity contribution is 5.73. The molecule has 0 aliphatic carbocycles. The fourth-order valence-corrected chi connectivity index (χ4v) is 3.23. The van der Waals surface area contributed by atoms with Crippen LogP contribution in [-0.4, -0.2) is 33.9 Å². The first-order valence-electron chi connectivity index (χ1n) is 10.4. The molecule has 0 fully saturated rings. The van der Waals surface area contributed by atoms with Crippen molar-refractivity contribution in [3.8, 4) is 17.0 Å². The number of para-hydroxylation sites is 1. The molecule has 0 bridgehead atoms. The summed E-state index contributed by atoms with van der Waals surface area (Å²) in [5.41, 5.74) is 4.08. The number of nitrogens with zero attached hydrogens (tertiary/aromatic N) is 2. The normalized spacial score (nSPS) is 11.0. The molecule has 0 saturated carbocycles. The Morgan fingerprint density at radius 2 is 1.82 bits per heavy atom. The largest absolute Gasteiger partial charge is 0.496 e. The van der Waals surface area contributed by atoms with Gasteiger partial charge in [0.05, 0.1) is 19.1 Å². The number of aliphatic carboxylic acids is 1. The SMILES string of the molecule is CCCCc1c(-c2cccc(F)c2)ncn1CCc1ccccc1OC.O=C(O)C(F)(F)F. The van der Waals surface area contributed by atoms with E-state index in [9.17, 15) is 17.6 Å². The molecule has 0 atom stereocenters. The van der Waals surface area contributed by atoms with E-state index in [1.165, 1.54) is 17.3 Å². The van der Waals surface area contributed by atoms with E-state index in [-0.39, 0.29) is 5.82 Å². The molecule has 2 aromatic carbocycles.